The molecule has 19 heavy (non-hydrogen) atoms. The fourth-order valence-electron chi connectivity index (χ4n) is 2.83. The molecular weight excluding hydrogens is 238 g/mol. The van der Waals surface area contributed by atoms with Gasteiger partial charge in [-0.2, -0.15) is 0 Å². The third-order valence-electron chi connectivity index (χ3n) is 3.85. The summed E-state index contributed by atoms with van der Waals surface area (Å²) in [7, 11) is 3.66. The molecule has 0 unspecified atom stereocenters. The fourth-order valence-corrected chi connectivity index (χ4v) is 2.83. The highest BCUT2D eigenvalue weighted by atomic mass is 16.5. The van der Waals surface area contributed by atoms with Gasteiger partial charge in [0.05, 0.1) is 13.7 Å². The number of likely N-dealkylation sites (N-methyl/N-ethyl adjacent to an activating group) is 1. The molecule has 3 nitrogen and oxygen atoms in total. The van der Waals surface area contributed by atoms with Gasteiger partial charge in [0.25, 0.3) is 0 Å². The molecule has 2 rings (SSSR count). The van der Waals surface area contributed by atoms with Crippen molar-refractivity contribution in [3.63, 3.8) is 0 Å². The average molecular weight is 261 g/mol. The zero-order chi connectivity index (χ0) is 13.7. The van der Waals surface area contributed by atoms with Gasteiger partial charge in [-0.15, -0.1) is 0 Å². The predicted molar refractivity (Wildman–Crippen MR) is 76.8 cm³/mol. The smallest absolute Gasteiger partial charge is 0.176 e. The lowest BCUT2D eigenvalue weighted by molar-refractivity contribution is 0.0937. The highest BCUT2D eigenvalue weighted by Gasteiger charge is 2.18. The number of hydrogen-bond donors (Lipinski definition) is 0. The molecular formula is C16H23NO2. The van der Waals surface area contributed by atoms with Crippen LogP contribution in [0.2, 0.25) is 0 Å². The maximum atomic E-state index is 12.2. The van der Waals surface area contributed by atoms with Gasteiger partial charge >= 0.3 is 0 Å². The number of Topliss-reactive ketones (excluding diaryl/α,β-unsaturated/α-hetero) is 1. The molecule has 3 heteroatoms. The van der Waals surface area contributed by atoms with E-state index in [1.165, 1.54) is 25.7 Å². The summed E-state index contributed by atoms with van der Waals surface area (Å²) < 4.78 is 5.15. The Kier molecular flexibility index (Phi) is 4.97. The molecule has 1 aliphatic carbocycles. The minimum Gasteiger partial charge on any atom is -0.497 e. The molecule has 1 fully saturated rings. The first-order chi connectivity index (χ1) is 9.19. The lowest BCUT2D eigenvalue weighted by Gasteiger charge is -2.20. The number of carbonyl (C=O) groups excluding carboxylic acids is 1. The topological polar surface area (TPSA) is 29.5 Å². The number of carbonyl (C=O) groups is 1. The lowest BCUT2D eigenvalue weighted by Crippen LogP contribution is -2.30. The Bertz CT molecular complexity index is 425. The third-order valence-corrected chi connectivity index (χ3v) is 3.85. The third kappa shape index (κ3) is 4.06. The van der Waals surface area contributed by atoms with E-state index in [4.69, 9.17) is 4.74 Å². The highest BCUT2D eigenvalue weighted by Crippen LogP contribution is 2.25. The summed E-state index contributed by atoms with van der Waals surface area (Å²) in [5.41, 5.74) is 0.734. The van der Waals surface area contributed by atoms with E-state index in [9.17, 15) is 4.79 Å². The van der Waals surface area contributed by atoms with E-state index in [1.54, 1.807) is 7.11 Å². The van der Waals surface area contributed by atoms with Crippen LogP contribution in [0.1, 0.15) is 36.0 Å². The molecule has 104 valence electrons. The second-order valence-corrected chi connectivity index (χ2v) is 5.50. The van der Waals surface area contributed by atoms with E-state index in [2.05, 4.69) is 4.90 Å². The summed E-state index contributed by atoms with van der Waals surface area (Å²) in [6.45, 7) is 1.53. The monoisotopic (exact) mass is 261 g/mol. The molecule has 0 N–H and O–H groups in total. The maximum Gasteiger partial charge on any atom is 0.176 e. The van der Waals surface area contributed by atoms with Crippen LogP contribution in [-0.4, -0.2) is 37.9 Å². The number of rotatable bonds is 6. The molecule has 1 aliphatic rings. The fraction of sp³-hybridized carbons (Fsp3) is 0.562. The van der Waals surface area contributed by atoms with Crippen molar-refractivity contribution >= 4 is 5.78 Å². The Morgan fingerprint density at radius 2 is 2.11 bits per heavy atom. The van der Waals surface area contributed by atoms with Crippen molar-refractivity contribution in [1.82, 2.24) is 4.90 Å². The van der Waals surface area contributed by atoms with Crippen LogP contribution in [0.3, 0.4) is 0 Å². The van der Waals surface area contributed by atoms with Crippen molar-refractivity contribution in [1.29, 1.82) is 0 Å². The minimum absolute atomic E-state index is 0.166. The largest absolute Gasteiger partial charge is 0.497 e. The number of hydrogen-bond acceptors (Lipinski definition) is 3. The van der Waals surface area contributed by atoms with E-state index in [0.29, 0.717) is 6.54 Å². The molecule has 1 aromatic carbocycles. The minimum atomic E-state index is 0.166. The van der Waals surface area contributed by atoms with Gasteiger partial charge in [0.1, 0.15) is 5.75 Å². The lowest BCUT2D eigenvalue weighted by atomic mass is 10.1. The molecule has 0 aromatic heterocycles. The van der Waals surface area contributed by atoms with Crippen molar-refractivity contribution in [2.24, 2.45) is 5.92 Å². The molecule has 0 saturated heterocycles. The molecule has 0 amide bonds. The van der Waals surface area contributed by atoms with Crippen molar-refractivity contribution in [2.75, 3.05) is 27.2 Å². The van der Waals surface area contributed by atoms with Crippen molar-refractivity contribution in [2.45, 2.75) is 25.7 Å². The van der Waals surface area contributed by atoms with Gasteiger partial charge in [0.2, 0.25) is 0 Å². The van der Waals surface area contributed by atoms with E-state index in [0.717, 1.165) is 23.8 Å². The number of ether oxygens (including phenoxy) is 1. The Morgan fingerprint density at radius 3 is 2.79 bits per heavy atom. The van der Waals surface area contributed by atoms with Gasteiger partial charge in [0, 0.05) is 12.1 Å². The van der Waals surface area contributed by atoms with Gasteiger partial charge in [-0.3, -0.25) is 9.69 Å². The van der Waals surface area contributed by atoms with Gasteiger partial charge in [-0.1, -0.05) is 25.0 Å². The summed E-state index contributed by atoms with van der Waals surface area (Å²) >= 11 is 0. The first kappa shape index (κ1) is 14.1. The normalized spacial score (nSPS) is 15.9. The van der Waals surface area contributed by atoms with Crippen molar-refractivity contribution < 1.29 is 9.53 Å². The van der Waals surface area contributed by atoms with Crippen LogP contribution in [0.25, 0.3) is 0 Å². The van der Waals surface area contributed by atoms with E-state index < -0.39 is 0 Å². The van der Waals surface area contributed by atoms with Crippen LogP contribution in [0, 0.1) is 5.92 Å². The molecule has 0 radical (unpaired) electrons. The van der Waals surface area contributed by atoms with Gasteiger partial charge in [-0.25, -0.2) is 0 Å². The molecule has 0 spiro atoms. The molecule has 0 heterocycles. The Balaban J connectivity index is 1.88. The number of ketones is 1. The zero-order valence-corrected chi connectivity index (χ0v) is 11.9. The number of nitrogens with zero attached hydrogens (tertiary/aromatic N) is 1. The summed E-state index contributed by atoms with van der Waals surface area (Å²) in [6, 6.07) is 7.39. The van der Waals surface area contributed by atoms with E-state index >= 15 is 0 Å². The summed E-state index contributed by atoms with van der Waals surface area (Å²) in [4.78, 5) is 14.4. The van der Waals surface area contributed by atoms with Crippen LogP contribution in [0.4, 0.5) is 0 Å². The SMILES string of the molecule is COc1cccc(C(=O)CN(C)CC2CCCC2)c1. The summed E-state index contributed by atoms with van der Waals surface area (Å²) in [5, 5.41) is 0. The average Bonchev–Trinajstić information content (AvgIpc) is 2.91. The maximum absolute atomic E-state index is 12.2. The molecule has 0 aliphatic heterocycles. The van der Waals surface area contributed by atoms with Crippen LogP contribution in [-0.2, 0) is 0 Å². The van der Waals surface area contributed by atoms with E-state index in [1.807, 2.05) is 31.3 Å². The van der Waals surface area contributed by atoms with Crippen LogP contribution >= 0.6 is 0 Å². The second kappa shape index (κ2) is 6.71. The highest BCUT2D eigenvalue weighted by molar-refractivity contribution is 5.97. The molecule has 1 saturated carbocycles. The first-order valence-electron chi connectivity index (χ1n) is 7.05. The van der Waals surface area contributed by atoms with Gasteiger partial charge < -0.3 is 4.74 Å². The van der Waals surface area contributed by atoms with Crippen LogP contribution in [0.15, 0.2) is 24.3 Å². The number of benzene rings is 1. The Morgan fingerprint density at radius 1 is 1.37 bits per heavy atom. The predicted octanol–water partition coefficient (Wildman–Crippen LogP) is 3.00. The summed E-state index contributed by atoms with van der Waals surface area (Å²) in [5.74, 6) is 1.69. The van der Waals surface area contributed by atoms with E-state index in [-0.39, 0.29) is 5.78 Å². The second-order valence-electron chi connectivity index (χ2n) is 5.50. The molecule has 1 aromatic rings. The molecule has 0 bridgehead atoms. The van der Waals surface area contributed by atoms with Crippen LogP contribution in [0.5, 0.6) is 5.75 Å². The van der Waals surface area contributed by atoms with Crippen molar-refractivity contribution in [3.8, 4) is 5.75 Å². The van der Waals surface area contributed by atoms with Gasteiger partial charge in [0.15, 0.2) is 5.78 Å². The Hall–Kier alpha value is -1.35. The Labute approximate surface area is 115 Å². The zero-order valence-electron chi connectivity index (χ0n) is 11.9. The molecule has 0 atom stereocenters. The van der Waals surface area contributed by atoms with Crippen molar-refractivity contribution in [3.05, 3.63) is 29.8 Å². The number of methoxy groups -OCH3 is 1. The quantitative estimate of drug-likeness (QED) is 0.737. The standard InChI is InChI=1S/C16H23NO2/c1-17(11-13-6-3-4-7-13)12-16(18)14-8-5-9-15(10-14)19-2/h5,8-10,13H,3-4,6-7,11-12H2,1-2H3. The van der Waals surface area contributed by atoms with Gasteiger partial charge in [-0.05, 0) is 37.9 Å². The van der Waals surface area contributed by atoms with Crippen LogP contribution < -0.4 is 4.74 Å². The summed E-state index contributed by atoms with van der Waals surface area (Å²) in [6.07, 6.45) is 5.33. The first-order valence-corrected chi connectivity index (χ1v) is 7.05.